The summed E-state index contributed by atoms with van der Waals surface area (Å²) in [6, 6.07) is 3.99. The number of thioether (sulfide) groups is 1. The van der Waals surface area contributed by atoms with Crippen LogP contribution in [0.3, 0.4) is 0 Å². The number of methoxy groups -OCH3 is 1. The van der Waals surface area contributed by atoms with Crippen LogP contribution in [-0.2, 0) is 9.53 Å². The second-order valence-corrected chi connectivity index (χ2v) is 6.76. The highest BCUT2D eigenvalue weighted by atomic mass is 32.2. The quantitative estimate of drug-likeness (QED) is 0.629. The van der Waals surface area contributed by atoms with Gasteiger partial charge in [-0.25, -0.2) is 0 Å². The lowest BCUT2D eigenvalue weighted by Gasteiger charge is -2.40. The number of carbonyl (C=O) groups excluding carboxylic acids is 1. The van der Waals surface area contributed by atoms with Crippen LogP contribution in [0.2, 0.25) is 0 Å². The molecule has 5 nitrogen and oxygen atoms in total. The summed E-state index contributed by atoms with van der Waals surface area (Å²) in [7, 11) is 1.46. The van der Waals surface area contributed by atoms with Gasteiger partial charge in [0.05, 0.1) is 12.5 Å². The van der Waals surface area contributed by atoms with Crippen molar-refractivity contribution in [1.29, 1.82) is 0 Å². The van der Waals surface area contributed by atoms with Crippen LogP contribution in [0.1, 0.15) is 26.7 Å². The molecule has 0 aromatic carbocycles. The molecular weight excluding hydrogens is 286 g/mol. The molecule has 0 N–H and O–H groups in total. The monoisotopic (exact) mass is 309 g/mol. The van der Waals surface area contributed by atoms with Gasteiger partial charge in [0.15, 0.2) is 5.82 Å². The number of hydrogen-bond donors (Lipinski definition) is 0. The number of ether oxygens (including phenoxy) is 1. The Labute approximate surface area is 130 Å². The molecule has 1 aromatic rings. The topological polar surface area (TPSA) is 55.3 Å². The molecule has 0 bridgehead atoms. The molecule has 1 fully saturated rings. The third-order valence-electron chi connectivity index (χ3n) is 4.31. The van der Waals surface area contributed by atoms with E-state index in [0.29, 0.717) is 0 Å². The molecule has 2 heterocycles. The molecule has 1 saturated heterocycles. The summed E-state index contributed by atoms with van der Waals surface area (Å²) in [5.74, 6) is 1.01. The Bertz CT molecular complexity index is 490. The second kappa shape index (κ2) is 6.64. The van der Waals surface area contributed by atoms with Gasteiger partial charge < -0.3 is 9.64 Å². The maximum absolute atomic E-state index is 12.0. The molecule has 1 aliphatic rings. The predicted molar refractivity (Wildman–Crippen MR) is 84.5 cm³/mol. The Morgan fingerprint density at radius 1 is 1.43 bits per heavy atom. The van der Waals surface area contributed by atoms with Gasteiger partial charge in [0.2, 0.25) is 0 Å². The van der Waals surface area contributed by atoms with Gasteiger partial charge in [-0.05, 0) is 51.0 Å². The molecule has 1 aromatic heterocycles. The summed E-state index contributed by atoms with van der Waals surface area (Å²) in [5, 5.41) is 9.40. The van der Waals surface area contributed by atoms with Crippen LogP contribution in [0, 0.1) is 11.3 Å². The van der Waals surface area contributed by atoms with E-state index in [2.05, 4.69) is 15.1 Å². The minimum Gasteiger partial charge on any atom is -0.469 e. The number of carbonyl (C=O) groups is 1. The van der Waals surface area contributed by atoms with E-state index in [4.69, 9.17) is 4.74 Å². The third kappa shape index (κ3) is 3.48. The number of aromatic nitrogens is 2. The fourth-order valence-electron chi connectivity index (χ4n) is 2.79. The van der Waals surface area contributed by atoms with E-state index in [9.17, 15) is 4.79 Å². The summed E-state index contributed by atoms with van der Waals surface area (Å²) in [6.07, 6.45) is 4.07. The average molecular weight is 309 g/mol. The third-order valence-corrected chi connectivity index (χ3v) is 4.95. The van der Waals surface area contributed by atoms with E-state index in [0.717, 1.165) is 36.8 Å². The van der Waals surface area contributed by atoms with Crippen molar-refractivity contribution in [3.8, 4) is 0 Å². The van der Waals surface area contributed by atoms with Crippen LogP contribution in [0.15, 0.2) is 17.2 Å². The molecule has 1 aliphatic heterocycles. The maximum atomic E-state index is 12.0. The number of esters is 1. The van der Waals surface area contributed by atoms with Crippen molar-refractivity contribution in [2.75, 3.05) is 31.4 Å². The highest BCUT2D eigenvalue weighted by Gasteiger charge is 2.40. The first kappa shape index (κ1) is 16.1. The second-order valence-electron chi connectivity index (χ2n) is 5.93. The standard InChI is InChI=1S/C15H23N3O2S/c1-15(2,14(19)20-3)11-6-5-9-18(10-11)12-7-8-13(21-4)17-16-12/h7-8,11H,5-6,9-10H2,1-4H3. The molecule has 0 aliphatic carbocycles. The Hall–Kier alpha value is -1.30. The van der Waals surface area contributed by atoms with Crippen LogP contribution in [0.25, 0.3) is 0 Å². The van der Waals surface area contributed by atoms with Crippen molar-refractivity contribution in [1.82, 2.24) is 10.2 Å². The lowest BCUT2D eigenvalue weighted by atomic mass is 9.74. The molecule has 0 amide bonds. The van der Waals surface area contributed by atoms with E-state index >= 15 is 0 Å². The molecule has 21 heavy (non-hydrogen) atoms. The van der Waals surface area contributed by atoms with Crippen molar-refractivity contribution in [2.24, 2.45) is 11.3 Å². The van der Waals surface area contributed by atoms with Gasteiger partial charge in [-0.2, -0.15) is 0 Å². The average Bonchev–Trinajstić information content (AvgIpc) is 2.54. The Kier molecular flexibility index (Phi) is 5.08. The summed E-state index contributed by atoms with van der Waals surface area (Å²) in [5.41, 5.74) is -0.472. The lowest BCUT2D eigenvalue weighted by Crippen LogP contribution is -2.45. The highest BCUT2D eigenvalue weighted by molar-refractivity contribution is 7.98. The summed E-state index contributed by atoms with van der Waals surface area (Å²) < 4.78 is 4.95. The van der Waals surface area contributed by atoms with Crippen LogP contribution >= 0.6 is 11.8 Å². The van der Waals surface area contributed by atoms with Crippen LogP contribution in [0.5, 0.6) is 0 Å². The molecule has 116 valence electrons. The first-order chi connectivity index (χ1) is 9.98. The van der Waals surface area contributed by atoms with Crippen LogP contribution in [0.4, 0.5) is 5.82 Å². The zero-order valence-electron chi connectivity index (χ0n) is 13.1. The highest BCUT2D eigenvalue weighted by Crippen LogP contribution is 2.36. The van der Waals surface area contributed by atoms with Crippen LogP contribution < -0.4 is 4.90 Å². The van der Waals surface area contributed by atoms with Crippen molar-refractivity contribution >= 4 is 23.5 Å². The Balaban J connectivity index is 2.11. The normalized spacial score (nSPS) is 19.4. The molecule has 1 unspecified atom stereocenters. The number of hydrogen-bond acceptors (Lipinski definition) is 6. The molecule has 1 atom stereocenters. The Morgan fingerprint density at radius 3 is 2.76 bits per heavy atom. The zero-order chi connectivity index (χ0) is 15.5. The van der Waals surface area contributed by atoms with Gasteiger partial charge in [-0.1, -0.05) is 0 Å². The van der Waals surface area contributed by atoms with Crippen molar-refractivity contribution in [3.05, 3.63) is 12.1 Å². The number of nitrogens with zero attached hydrogens (tertiary/aromatic N) is 3. The van der Waals surface area contributed by atoms with E-state index in [1.165, 1.54) is 7.11 Å². The maximum Gasteiger partial charge on any atom is 0.311 e. The molecule has 6 heteroatoms. The minimum atomic E-state index is -0.472. The predicted octanol–water partition coefficient (Wildman–Crippen LogP) is 2.61. The van der Waals surface area contributed by atoms with E-state index in [-0.39, 0.29) is 11.9 Å². The van der Waals surface area contributed by atoms with Crippen molar-refractivity contribution < 1.29 is 9.53 Å². The van der Waals surface area contributed by atoms with Gasteiger partial charge in [0.25, 0.3) is 0 Å². The van der Waals surface area contributed by atoms with E-state index < -0.39 is 5.41 Å². The van der Waals surface area contributed by atoms with Crippen molar-refractivity contribution in [3.63, 3.8) is 0 Å². The first-order valence-corrected chi connectivity index (χ1v) is 8.42. The number of rotatable bonds is 4. The smallest absolute Gasteiger partial charge is 0.311 e. The summed E-state index contributed by atoms with van der Waals surface area (Å²) in [4.78, 5) is 14.2. The minimum absolute atomic E-state index is 0.141. The van der Waals surface area contributed by atoms with Crippen LogP contribution in [-0.4, -0.2) is 42.6 Å². The fourth-order valence-corrected chi connectivity index (χ4v) is 3.12. The van der Waals surface area contributed by atoms with Crippen molar-refractivity contribution in [2.45, 2.75) is 31.7 Å². The lowest BCUT2D eigenvalue weighted by molar-refractivity contribution is -0.154. The number of anilines is 1. The molecule has 2 rings (SSSR count). The Morgan fingerprint density at radius 2 is 2.19 bits per heavy atom. The molecule has 0 saturated carbocycles. The van der Waals surface area contributed by atoms with Gasteiger partial charge in [0, 0.05) is 13.1 Å². The first-order valence-electron chi connectivity index (χ1n) is 7.20. The van der Waals surface area contributed by atoms with E-state index in [1.807, 2.05) is 32.2 Å². The van der Waals surface area contributed by atoms with Gasteiger partial charge >= 0.3 is 5.97 Å². The largest absolute Gasteiger partial charge is 0.469 e. The van der Waals surface area contributed by atoms with Gasteiger partial charge in [-0.15, -0.1) is 22.0 Å². The zero-order valence-corrected chi connectivity index (χ0v) is 13.9. The fraction of sp³-hybridized carbons (Fsp3) is 0.667. The summed E-state index contributed by atoms with van der Waals surface area (Å²) >= 11 is 1.58. The number of piperidine rings is 1. The SMILES string of the molecule is COC(=O)C(C)(C)C1CCCN(c2ccc(SC)nn2)C1. The molecular formula is C15H23N3O2S. The summed E-state index contributed by atoms with van der Waals surface area (Å²) in [6.45, 7) is 5.71. The van der Waals surface area contributed by atoms with Gasteiger partial charge in [-0.3, -0.25) is 4.79 Å². The van der Waals surface area contributed by atoms with Gasteiger partial charge in [0.1, 0.15) is 5.03 Å². The molecule has 0 spiro atoms. The molecule has 0 radical (unpaired) electrons. The van der Waals surface area contributed by atoms with E-state index in [1.54, 1.807) is 11.8 Å².